The van der Waals surface area contributed by atoms with E-state index in [-0.39, 0.29) is 6.04 Å². The summed E-state index contributed by atoms with van der Waals surface area (Å²) in [6.45, 7) is 2.95. The minimum Gasteiger partial charge on any atom is -0.307 e. The highest BCUT2D eigenvalue weighted by Crippen LogP contribution is 2.22. The molecule has 0 aliphatic carbocycles. The largest absolute Gasteiger partial charge is 0.307 e. The first kappa shape index (κ1) is 12.8. The van der Waals surface area contributed by atoms with Crippen LogP contribution in [0.15, 0.2) is 30.6 Å². The van der Waals surface area contributed by atoms with Crippen LogP contribution in [-0.4, -0.2) is 31.5 Å². The fourth-order valence-corrected chi connectivity index (χ4v) is 2.53. The van der Waals surface area contributed by atoms with Gasteiger partial charge in [-0.05, 0) is 12.6 Å². The van der Waals surface area contributed by atoms with Crippen molar-refractivity contribution in [2.24, 2.45) is 7.05 Å². The van der Waals surface area contributed by atoms with Crippen molar-refractivity contribution in [3.05, 3.63) is 42.1 Å². The average Bonchev–Trinajstić information content (AvgIpc) is 3.08. The van der Waals surface area contributed by atoms with Crippen LogP contribution in [0, 0.1) is 0 Å². The van der Waals surface area contributed by atoms with Gasteiger partial charge in [0.15, 0.2) is 0 Å². The lowest BCUT2D eigenvalue weighted by Gasteiger charge is -2.13. The molecule has 1 atom stereocenters. The predicted octanol–water partition coefficient (Wildman–Crippen LogP) is 1.58. The summed E-state index contributed by atoms with van der Waals surface area (Å²) in [4.78, 5) is 4.25. The van der Waals surface area contributed by atoms with Crippen LogP contribution in [0.1, 0.15) is 24.5 Å². The number of benzene rings is 1. The van der Waals surface area contributed by atoms with E-state index in [1.807, 2.05) is 23.9 Å². The minimum absolute atomic E-state index is 0.0980. The summed E-state index contributed by atoms with van der Waals surface area (Å²) in [5, 5.41) is 16.1. The topological polar surface area (TPSA) is 71.4 Å². The number of aromatic nitrogens is 5. The number of para-hydroxylation sites is 1. The molecule has 2 N–H and O–H groups in total. The molecule has 0 fully saturated rings. The second kappa shape index (κ2) is 5.42. The van der Waals surface area contributed by atoms with Gasteiger partial charge >= 0.3 is 0 Å². The number of nitrogens with one attached hydrogen (secondary N) is 2. The Morgan fingerprint density at radius 2 is 2.20 bits per heavy atom. The van der Waals surface area contributed by atoms with Gasteiger partial charge in [0.1, 0.15) is 12.2 Å². The molecule has 6 heteroatoms. The molecule has 3 rings (SSSR count). The first-order chi connectivity index (χ1) is 9.79. The van der Waals surface area contributed by atoms with Gasteiger partial charge in [0, 0.05) is 18.9 Å². The predicted molar refractivity (Wildman–Crippen MR) is 77.2 cm³/mol. The van der Waals surface area contributed by atoms with Crippen LogP contribution in [-0.2, 0) is 13.5 Å². The Labute approximate surface area is 117 Å². The van der Waals surface area contributed by atoms with Gasteiger partial charge in [0.05, 0.1) is 17.3 Å². The number of rotatable bonds is 5. The van der Waals surface area contributed by atoms with Crippen molar-refractivity contribution >= 4 is 10.9 Å². The minimum atomic E-state index is 0.0980. The lowest BCUT2D eigenvalue weighted by molar-refractivity contribution is 0.516. The van der Waals surface area contributed by atoms with E-state index >= 15 is 0 Å². The van der Waals surface area contributed by atoms with Gasteiger partial charge in [0.2, 0.25) is 0 Å². The van der Waals surface area contributed by atoms with Crippen molar-refractivity contribution in [1.82, 2.24) is 30.3 Å². The number of nitrogens with zero attached hydrogens (tertiary/aromatic N) is 4. The monoisotopic (exact) mass is 270 g/mol. The van der Waals surface area contributed by atoms with Crippen molar-refractivity contribution in [3.63, 3.8) is 0 Å². The van der Waals surface area contributed by atoms with Crippen molar-refractivity contribution in [1.29, 1.82) is 0 Å². The first-order valence-electron chi connectivity index (χ1n) is 6.79. The molecule has 0 aliphatic heterocycles. The summed E-state index contributed by atoms with van der Waals surface area (Å²) < 4.78 is 1.92. The molecule has 0 aliphatic rings. The Bertz CT molecular complexity index is 685. The fourth-order valence-electron chi connectivity index (χ4n) is 2.53. The van der Waals surface area contributed by atoms with Gasteiger partial charge in [-0.2, -0.15) is 10.2 Å². The molecule has 1 unspecified atom stereocenters. The summed E-state index contributed by atoms with van der Waals surface area (Å²) in [6, 6.07) is 8.38. The van der Waals surface area contributed by atoms with Crippen LogP contribution < -0.4 is 5.32 Å². The summed E-state index contributed by atoms with van der Waals surface area (Å²) in [5.41, 5.74) is 2.22. The molecular formula is C14H18N6. The molecule has 2 aromatic heterocycles. The highest BCUT2D eigenvalue weighted by molar-refractivity contribution is 5.81. The molecule has 1 aromatic carbocycles. The van der Waals surface area contributed by atoms with Gasteiger partial charge in [-0.15, -0.1) is 0 Å². The van der Waals surface area contributed by atoms with E-state index in [4.69, 9.17) is 0 Å². The van der Waals surface area contributed by atoms with Crippen molar-refractivity contribution in [2.45, 2.75) is 19.4 Å². The Hall–Kier alpha value is -2.21. The molecule has 6 nitrogen and oxygen atoms in total. The third kappa shape index (κ3) is 2.30. The number of hydrogen-bond donors (Lipinski definition) is 2. The van der Waals surface area contributed by atoms with E-state index in [0.717, 1.165) is 30.0 Å². The summed E-state index contributed by atoms with van der Waals surface area (Å²) in [6.07, 6.45) is 2.32. The van der Waals surface area contributed by atoms with Crippen molar-refractivity contribution in [3.8, 4) is 0 Å². The summed E-state index contributed by atoms with van der Waals surface area (Å²) >= 11 is 0. The lowest BCUT2D eigenvalue weighted by Crippen LogP contribution is -2.24. The van der Waals surface area contributed by atoms with E-state index in [2.05, 4.69) is 44.7 Å². The van der Waals surface area contributed by atoms with Gasteiger partial charge in [-0.25, -0.2) is 4.98 Å². The fraction of sp³-hybridized carbons (Fsp3) is 0.357. The zero-order valence-electron chi connectivity index (χ0n) is 11.7. The van der Waals surface area contributed by atoms with E-state index in [0.29, 0.717) is 0 Å². The molecule has 3 aromatic rings. The summed E-state index contributed by atoms with van der Waals surface area (Å²) in [7, 11) is 1.97. The zero-order chi connectivity index (χ0) is 13.9. The molecule has 0 radical (unpaired) electrons. The molecule has 2 heterocycles. The molecular weight excluding hydrogens is 252 g/mol. The number of fused-ring (bicyclic) bond motifs is 1. The maximum absolute atomic E-state index is 4.64. The summed E-state index contributed by atoms with van der Waals surface area (Å²) in [5.74, 6) is 0.849. The van der Waals surface area contributed by atoms with Gasteiger partial charge < -0.3 is 5.32 Å². The van der Waals surface area contributed by atoms with Crippen molar-refractivity contribution in [2.75, 3.05) is 6.54 Å². The second-order valence-corrected chi connectivity index (χ2v) is 4.77. The molecule has 20 heavy (non-hydrogen) atoms. The van der Waals surface area contributed by atoms with Crippen LogP contribution in [0.3, 0.4) is 0 Å². The average molecular weight is 270 g/mol. The third-order valence-corrected chi connectivity index (χ3v) is 3.45. The highest BCUT2D eigenvalue weighted by Gasteiger charge is 2.18. The van der Waals surface area contributed by atoms with E-state index in [9.17, 15) is 0 Å². The van der Waals surface area contributed by atoms with E-state index in [1.165, 1.54) is 11.7 Å². The second-order valence-electron chi connectivity index (χ2n) is 4.77. The third-order valence-electron chi connectivity index (χ3n) is 3.45. The quantitative estimate of drug-likeness (QED) is 0.738. The van der Waals surface area contributed by atoms with Gasteiger partial charge in [-0.3, -0.25) is 9.78 Å². The van der Waals surface area contributed by atoms with Crippen LogP contribution in [0.5, 0.6) is 0 Å². The molecule has 0 bridgehead atoms. The molecule has 0 spiro atoms. The Morgan fingerprint density at radius 3 is 2.95 bits per heavy atom. The molecule has 0 amide bonds. The first-order valence-corrected chi connectivity index (χ1v) is 6.79. The van der Waals surface area contributed by atoms with Gasteiger partial charge in [0.25, 0.3) is 0 Å². The molecule has 0 saturated carbocycles. The van der Waals surface area contributed by atoms with Crippen LogP contribution in [0.4, 0.5) is 0 Å². The standard InChI is InChI=1S/C14H18N6/c1-3-15-12(14-16-9-17-18-14)8-11-10-6-4-5-7-13(10)20(2)19-11/h4-7,9,12,15H,3,8H2,1-2H3,(H,16,17,18). The Balaban J connectivity index is 1.94. The normalized spacial score (nSPS) is 12.9. The SMILES string of the molecule is CCNC(Cc1nn(C)c2ccccc12)c1ncn[nH]1. The van der Waals surface area contributed by atoms with E-state index in [1.54, 1.807) is 0 Å². The smallest absolute Gasteiger partial charge is 0.141 e. The maximum atomic E-state index is 4.64. The van der Waals surface area contributed by atoms with Crippen LogP contribution >= 0.6 is 0 Å². The number of aryl methyl sites for hydroxylation is 1. The maximum Gasteiger partial charge on any atom is 0.141 e. The number of aromatic amines is 1. The Kier molecular flexibility index (Phi) is 3.47. The highest BCUT2D eigenvalue weighted by atomic mass is 15.3. The number of likely N-dealkylation sites (N-methyl/N-ethyl adjacent to an activating group) is 1. The van der Waals surface area contributed by atoms with Crippen LogP contribution in [0.25, 0.3) is 10.9 Å². The molecule has 104 valence electrons. The van der Waals surface area contributed by atoms with Gasteiger partial charge in [-0.1, -0.05) is 25.1 Å². The van der Waals surface area contributed by atoms with Crippen molar-refractivity contribution < 1.29 is 0 Å². The Morgan fingerprint density at radius 1 is 1.35 bits per heavy atom. The number of H-pyrrole nitrogens is 1. The lowest BCUT2D eigenvalue weighted by atomic mass is 10.1. The van der Waals surface area contributed by atoms with Crippen LogP contribution in [0.2, 0.25) is 0 Å². The van der Waals surface area contributed by atoms with E-state index < -0.39 is 0 Å². The zero-order valence-corrected chi connectivity index (χ0v) is 11.7. The molecule has 0 saturated heterocycles. The number of hydrogen-bond acceptors (Lipinski definition) is 4.